The third kappa shape index (κ3) is 5.05. The van der Waals surface area contributed by atoms with Crippen LogP contribution < -0.4 is 20.6 Å². The number of aromatic amines is 2. The van der Waals surface area contributed by atoms with Crippen molar-refractivity contribution in [1.82, 2.24) is 19.6 Å². The van der Waals surface area contributed by atoms with Gasteiger partial charge in [0.15, 0.2) is 11.5 Å². The average Bonchev–Trinajstić information content (AvgIpc) is 3.45. The smallest absolute Gasteiger partial charge is 0.275 e. The van der Waals surface area contributed by atoms with Crippen molar-refractivity contribution in [2.75, 3.05) is 14.2 Å². The van der Waals surface area contributed by atoms with E-state index in [1.807, 2.05) is 100 Å². The van der Waals surface area contributed by atoms with E-state index in [9.17, 15) is 9.59 Å². The molecule has 2 heterocycles. The molecule has 0 spiro atoms. The molecule has 0 saturated heterocycles. The van der Waals surface area contributed by atoms with Crippen LogP contribution in [0.5, 0.6) is 11.5 Å². The number of aromatic nitrogens is 4. The van der Waals surface area contributed by atoms with Crippen molar-refractivity contribution in [3.63, 3.8) is 0 Å². The molecule has 0 unspecified atom stereocenters. The Balaban J connectivity index is 0.00000172. The molecule has 0 radical (unpaired) electrons. The van der Waals surface area contributed by atoms with Crippen LogP contribution in [0.1, 0.15) is 47.8 Å². The fourth-order valence-corrected chi connectivity index (χ4v) is 4.83. The van der Waals surface area contributed by atoms with Crippen molar-refractivity contribution in [1.29, 1.82) is 0 Å². The summed E-state index contributed by atoms with van der Waals surface area (Å²) in [5, 5.41) is 6.41. The first kappa shape index (κ1) is 27.3. The summed E-state index contributed by atoms with van der Waals surface area (Å²) in [7, 11) is 3.13. The number of aryl methyl sites for hydroxylation is 2. The zero-order valence-electron chi connectivity index (χ0n) is 23.1. The molecule has 0 bridgehead atoms. The maximum absolute atomic E-state index is 13.9. The molecule has 0 saturated carbocycles. The van der Waals surface area contributed by atoms with Crippen LogP contribution >= 0.6 is 0 Å². The molecule has 0 aliphatic rings. The molecule has 2 aromatic heterocycles. The number of ether oxygens (including phenoxy) is 2. The predicted octanol–water partition coefficient (Wildman–Crippen LogP) is 5.49. The van der Waals surface area contributed by atoms with Gasteiger partial charge in [-0.25, -0.2) is 9.36 Å². The van der Waals surface area contributed by atoms with E-state index in [0.717, 1.165) is 5.56 Å². The van der Waals surface area contributed by atoms with E-state index in [2.05, 4.69) is 10.2 Å². The number of rotatable bonds is 7. The number of methoxy groups -OCH3 is 2. The van der Waals surface area contributed by atoms with Gasteiger partial charge in [-0.2, -0.15) is 0 Å². The molecule has 202 valence electrons. The normalized spacial score (nSPS) is 10.7. The summed E-state index contributed by atoms with van der Waals surface area (Å²) in [5.74, 6) is 0.408. The van der Waals surface area contributed by atoms with E-state index < -0.39 is 5.92 Å². The van der Waals surface area contributed by atoms with Gasteiger partial charge in [0.05, 0.1) is 36.7 Å². The van der Waals surface area contributed by atoms with Crippen LogP contribution in [-0.2, 0) is 0 Å². The van der Waals surface area contributed by atoms with Crippen molar-refractivity contribution in [3.8, 4) is 22.9 Å². The largest absolute Gasteiger partial charge is 0.493 e. The van der Waals surface area contributed by atoms with Gasteiger partial charge in [0.2, 0.25) is 0 Å². The van der Waals surface area contributed by atoms with E-state index in [4.69, 9.17) is 9.47 Å². The Morgan fingerprint density at radius 3 is 1.49 bits per heavy atom. The van der Waals surface area contributed by atoms with Crippen molar-refractivity contribution in [3.05, 3.63) is 128 Å². The van der Waals surface area contributed by atoms with Gasteiger partial charge < -0.3 is 9.47 Å². The van der Waals surface area contributed by atoms with Crippen LogP contribution in [0.2, 0.25) is 0 Å². The van der Waals surface area contributed by atoms with E-state index >= 15 is 0 Å². The van der Waals surface area contributed by atoms with E-state index in [0.29, 0.717) is 45.4 Å². The fraction of sp³-hybridized carbons (Fsp3) is 0.226. The van der Waals surface area contributed by atoms with Gasteiger partial charge in [0.1, 0.15) is 0 Å². The zero-order chi connectivity index (χ0) is 28.1. The van der Waals surface area contributed by atoms with Gasteiger partial charge in [-0.1, -0.05) is 56.3 Å². The van der Waals surface area contributed by atoms with Gasteiger partial charge in [-0.15, -0.1) is 0 Å². The highest BCUT2D eigenvalue weighted by Crippen LogP contribution is 2.37. The van der Waals surface area contributed by atoms with Gasteiger partial charge in [-0.05, 0) is 55.8 Å². The van der Waals surface area contributed by atoms with Gasteiger partial charge in [0, 0.05) is 17.3 Å². The third-order valence-corrected chi connectivity index (χ3v) is 6.58. The second kappa shape index (κ2) is 11.8. The molecule has 0 atom stereocenters. The summed E-state index contributed by atoms with van der Waals surface area (Å²) in [6, 6.07) is 24.2. The number of nitrogens with zero attached hydrogens (tertiary/aromatic N) is 2. The Morgan fingerprint density at radius 2 is 1.08 bits per heavy atom. The molecule has 0 aliphatic heterocycles. The van der Waals surface area contributed by atoms with Crippen LogP contribution in [0, 0.1) is 13.8 Å². The zero-order valence-corrected chi connectivity index (χ0v) is 23.1. The maximum Gasteiger partial charge on any atom is 0.275 e. The highest BCUT2D eigenvalue weighted by atomic mass is 16.5. The lowest BCUT2D eigenvalue weighted by Gasteiger charge is -2.18. The SMILES string of the molecule is CC.COc1ccc(C(c2c(C)[nH]n(-c3ccccc3)c2=O)c2c(C)[nH]n(-c3ccccc3)c2=O)cc1OC. The van der Waals surface area contributed by atoms with E-state index in [1.54, 1.807) is 20.3 Å². The topological polar surface area (TPSA) is 94.0 Å². The molecule has 39 heavy (non-hydrogen) atoms. The van der Waals surface area contributed by atoms with Crippen LogP contribution in [0.25, 0.3) is 11.4 Å². The molecule has 3 aromatic carbocycles. The van der Waals surface area contributed by atoms with E-state index in [-0.39, 0.29) is 11.1 Å². The Labute approximate surface area is 227 Å². The van der Waals surface area contributed by atoms with E-state index in [1.165, 1.54) is 9.36 Å². The predicted molar refractivity (Wildman–Crippen MR) is 154 cm³/mol. The van der Waals surface area contributed by atoms with Crippen LogP contribution in [-0.4, -0.2) is 33.8 Å². The molecular weight excluding hydrogens is 492 g/mol. The first-order valence-electron chi connectivity index (χ1n) is 12.9. The van der Waals surface area contributed by atoms with Crippen molar-refractivity contribution in [2.24, 2.45) is 0 Å². The number of benzene rings is 3. The minimum atomic E-state index is -0.665. The Morgan fingerprint density at radius 1 is 0.641 bits per heavy atom. The van der Waals surface area contributed by atoms with Gasteiger partial charge >= 0.3 is 0 Å². The summed E-state index contributed by atoms with van der Waals surface area (Å²) >= 11 is 0. The lowest BCUT2D eigenvalue weighted by molar-refractivity contribution is 0.354. The van der Waals surface area contributed by atoms with Crippen LogP contribution in [0.4, 0.5) is 0 Å². The molecule has 0 aliphatic carbocycles. The number of nitrogens with one attached hydrogen (secondary N) is 2. The quantitative estimate of drug-likeness (QED) is 0.293. The second-order valence-electron chi connectivity index (χ2n) is 8.80. The fourth-order valence-electron chi connectivity index (χ4n) is 4.83. The number of H-pyrrole nitrogens is 2. The molecule has 0 fully saturated rings. The van der Waals surface area contributed by atoms with Gasteiger partial charge in [0.25, 0.3) is 11.1 Å². The molecular formula is C31H34N4O4. The Bertz CT molecular complexity index is 1560. The van der Waals surface area contributed by atoms with Crippen LogP contribution in [0.3, 0.4) is 0 Å². The summed E-state index contributed by atoms with van der Waals surface area (Å²) in [4.78, 5) is 27.8. The van der Waals surface area contributed by atoms with Crippen LogP contribution in [0.15, 0.2) is 88.5 Å². The number of para-hydroxylation sites is 2. The molecule has 5 aromatic rings. The number of hydrogen-bond acceptors (Lipinski definition) is 4. The second-order valence-corrected chi connectivity index (χ2v) is 8.80. The molecule has 8 nitrogen and oxygen atoms in total. The lowest BCUT2D eigenvalue weighted by atomic mass is 9.85. The Hall–Kier alpha value is -4.72. The highest BCUT2D eigenvalue weighted by Gasteiger charge is 2.31. The summed E-state index contributed by atoms with van der Waals surface area (Å²) in [5.41, 5.74) is 3.99. The molecule has 8 heteroatoms. The average molecular weight is 527 g/mol. The summed E-state index contributed by atoms with van der Waals surface area (Å²) in [6.07, 6.45) is 0. The summed E-state index contributed by atoms with van der Waals surface area (Å²) < 4.78 is 14.0. The lowest BCUT2D eigenvalue weighted by Crippen LogP contribution is -2.25. The third-order valence-electron chi connectivity index (χ3n) is 6.58. The van der Waals surface area contributed by atoms with Crippen molar-refractivity contribution in [2.45, 2.75) is 33.6 Å². The minimum absolute atomic E-state index is 0.227. The molecule has 0 amide bonds. The number of hydrogen-bond donors (Lipinski definition) is 2. The highest BCUT2D eigenvalue weighted by molar-refractivity contribution is 5.52. The maximum atomic E-state index is 13.9. The Kier molecular flexibility index (Phi) is 8.24. The van der Waals surface area contributed by atoms with Crippen molar-refractivity contribution < 1.29 is 9.47 Å². The molecule has 2 N–H and O–H groups in total. The first-order chi connectivity index (χ1) is 18.9. The first-order valence-corrected chi connectivity index (χ1v) is 12.9. The summed E-state index contributed by atoms with van der Waals surface area (Å²) in [6.45, 7) is 7.70. The van der Waals surface area contributed by atoms with Gasteiger partial charge in [-0.3, -0.25) is 19.8 Å². The van der Waals surface area contributed by atoms with Crippen molar-refractivity contribution >= 4 is 0 Å². The minimum Gasteiger partial charge on any atom is -0.493 e. The monoisotopic (exact) mass is 526 g/mol. The standard InChI is InChI=1S/C29H28N4O4.C2H6/c1-18-25(28(34)32(30-18)21-11-7-5-8-12-21)27(20-15-16-23(36-3)24(17-20)37-4)26-19(2)31-33(29(26)35)22-13-9-6-10-14-22;1-2/h5-17,27,30-31H,1-4H3;1-2H3. The molecule has 5 rings (SSSR count).